The van der Waals surface area contributed by atoms with Gasteiger partial charge in [0.05, 0.1) is 12.7 Å². The van der Waals surface area contributed by atoms with E-state index in [1.807, 2.05) is 6.07 Å². The molecule has 1 N–H and O–H groups in total. The Hall–Kier alpha value is -0.860. The zero-order chi connectivity index (χ0) is 12.8. The Balaban J connectivity index is 1.56. The Labute approximate surface area is 111 Å². The van der Waals surface area contributed by atoms with Gasteiger partial charge in [-0.05, 0) is 44.2 Å². The van der Waals surface area contributed by atoms with Crippen LogP contribution < -0.4 is 5.32 Å². The molecule has 1 atom stereocenters. The van der Waals surface area contributed by atoms with Gasteiger partial charge in [0.1, 0.15) is 0 Å². The molecule has 0 spiro atoms. The van der Waals surface area contributed by atoms with Gasteiger partial charge in [0, 0.05) is 6.04 Å². The molecule has 1 unspecified atom stereocenters. The molecule has 0 heterocycles. The van der Waals surface area contributed by atoms with Crippen LogP contribution in [0.1, 0.15) is 38.7 Å². The molecule has 1 aliphatic carbocycles. The maximum Gasteiger partial charge on any atom is 0.0720 e. The Kier molecular flexibility index (Phi) is 5.21. The van der Waals surface area contributed by atoms with Crippen molar-refractivity contribution in [2.75, 3.05) is 6.54 Å². The molecule has 1 aromatic rings. The zero-order valence-corrected chi connectivity index (χ0v) is 11.6. The third kappa shape index (κ3) is 4.11. The van der Waals surface area contributed by atoms with Gasteiger partial charge in [0.25, 0.3) is 0 Å². The minimum Gasteiger partial charge on any atom is -0.374 e. The van der Waals surface area contributed by atoms with Crippen molar-refractivity contribution in [1.82, 2.24) is 5.32 Å². The SMILES string of the molecule is CCC(C)NCC1CC(OCc2ccccc2)C1. The monoisotopic (exact) mass is 247 g/mol. The van der Waals surface area contributed by atoms with Crippen LogP contribution in [-0.2, 0) is 11.3 Å². The first-order valence-electron chi connectivity index (χ1n) is 7.16. The van der Waals surface area contributed by atoms with Crippen molar-refractivity contribution in [3.05, 3.63) is 35.9 Å². The van der Waals surface area contributed by atoms with Crippen molar-refractivity contribution < 1.29 is 4.74 Å². The summed E-state index contributed by atoms with van der Waals surface area (Å²) in [6.45, 7) is 6.39. The van der Waals surface area contributed by atoms with E-state index >= 15 is 0 Å². The number of nitrogens with one attached hydrogen (secondary N) is 1. The van der Waals surface area contributed by atoms with Gasteiger partial charge in [0.2, 0.25) is 0 Å². The second-order valence-corrected chi connectivity index (χ2v) is 5.47. The van der Waals surface area contributed by atoms with Crippen LogP contribution in [0.4, 0.5) is 0 Å². The highest BCUT2D eigenvalue weighted by molar-refractivity contribution is 5.13. The fourth-order valence-electron chi connectivity index (χ4n) is 2.28. The maximum absolute atomic E-state index is 5.90. The Morgan fingerprint density at radius 1 is 1.28 bits per heavy atom. The van der Waals surface area contributed by atoms with Gasteiger partial charge >= 0.3 is 0 Å². The van der Waals surface area contributed by atoms with E-state index in [1.54, 1.807) is 0 Å². The number of rotatable bonds is 7. The topological polar surface area (TPSA) is 21.3 Å². The van der Waals surface area contributed by atoms with Crippen LogP contribution in [-0.4, -0.2) is 18.7 Å². The summed E-state index contributed by atoms with van der Waals surface area (Å²) in [5, 5.41) is 3.57. The third-order valence-electron chi connectivity index (χ3n) is 3.89. The average molecular weight is 247 g/mol. The van der Waals surface area contributed by atoms with Crippen LogP contribution in [0.5, 0.6) is 0 Å². The van der Waals surface area contributed by atoms with Crippen molar-refractivity contribution >= 4 is 0 Å². The number of hydrogen-bond acceptors (Lipinski definition) is 2. The normalized spacial score (nSPS) is 24.6. The lowest BCUT2D eigenvalue weighted by Crippen LogP contribution is -2.40. The molecule has 2 nitrogen and oxygen atoms in total. The van der Waals surface area contributed by atoms with E-state index in [0.29, 0.717) is 12.1 Å². The van der Waals surface area contributed by atoms with Crippen LogP contribution in [0.25, 0.3) is 0 Å². The van der Waals surface area contributed by atoms with Crippen LogP contribution >= 0.6 is 0 Å². The number of benzene rings is 1. The van der Waals surface area contributed by atoms with E-state index in [9.17, 15) is 0 Å². The molecule has 2 rings (SSSR count). The molecular formula is C16H25NO. The minimum absolute atomic E-state index is 0.480. The van der Waals surface area contributed by atoms with Gasteiger partial charge in [0.15, 0.2) is 0 Å². The summed E-state index contributed by atoms with van der Waals surface area (Å²) >= 11 is 0. The summed E-state index contributed by atoms with van der Waals surface area (Å²) in [4.78, 5) is 0. The van der Waals surface area contributed by atoms with Crippen molar-refractivity contribution in [3.63, 3.8) is 0 Å². The van der Waals surface area contributed by atoms with Crippen LogP contribution in [0.3, 0.4) is 0 Å². The van der Waals surface area contributed by atoms with Gasteiger partial charge in [-0.1, -0.05) is 37.3 Å². The van der Waals surface area contributed by atoms with E-state index < -0.39 is 0 Å². The molecule has 100 valence electrons. The van der Waals surface area contributed by atoms with Gasteiger partial charge in [-0.15, -0.1) is 0 Å². The molecule has 0 amide bonds. The van der Waals surface area contributed by atoms with E-state index in [4.69, 9.17) is 4.74 Å². The molecule has 0 radical (unpaired) electrons. The van der Waals surface area contributed by atoms with E-state index in [0.717, 1.165) is 19.1 Å². The molecule has 1 aliphatic rings. The van der Waals surface area contributed by atoms with Gasteiger partial charge in [-0.2, -0.15) is 0 Å². The van der Waals surface area contributed by atoms with Gasteiger partial charge in [-0.25, -0.2) is 0 Å². The predicted molar refractivity (Wildman–Crippen MR) is 75.5 cm³/mol. The minimum atomic E-state index is 0.480. The average Bonchev–Trinajstić information content (AvgIpc) is 2.37. The highest BCUT2D eigenvalue weighted by Crippen LogP contribution is 2.30. The number of ether oxygens (including phenoxy) is 1. The third-order valence-corrected chi connectivity index (χ3v) is 3.89. The highest BCUT2D eigenvalue weighted by atomic mass is 16.5. The van der Waals surface area contributed by atoms with Crippen LogP contribution in [0.2, 0.25) is 0 Å². The quantitative estimate of drug-likeness (QED) is 0.797. The summed E-state index contributed by atoms with van der Waals surface area (Å²) in [6, 6.07) is 11.1. The fourth-order valence-corrected chi connectivity index (χ4v) is 2.28. The molecule has 0 aliphatic heterocycles. The van der Waals surface area contributed by atoms with Crippen LogP contribution in [0, 0.1) is 5.92 Å². The molecule has 1 saturated carbocycles. The van der Waals surface area contributed by atoms with E-state index in [2.05, 4.69) is 43.4 Å². The summed E-state index contributed by atoms with van der Waals surface area (Å²) in [5.74, 6) is 0.819. The van der Waals surface area contributed by atoms with Gasteiger partial charge in [-0.3, -0.25) is 0 Å². The molecule has 2 heteroatoms. The van der Waals surface area contributed by atoms with Gasteiger partial charge < -0.3 is 10.1 Å². The largest absolute Gasteiger partial charge is 0.374 e. The predicted octanol–water partition coefficient (Wildman–Crippen LogP) is 3.37. The molecule has 1 aromatic carbocycles. The van der Waals surface area contributed by atoms with Crippen LogP contribution in [0.15, 0.2) is 30.3 Å². The second-order valence-electron chi connectivity index (χ2n) is 5.47. The first-order chi connectivity index (χ1) is 8.78. The van der Waals surface area contributed by atoms with Crippen molar-refractivity contribution in [1.29, 1.82) is 0 Å². The van der Waals surface area contributed by atoms with E-state index in [1.165, 1.54) is 24.8 Å². The lowest BCUT2D eigenvalue weighted by Gasteiger charge is -2.36. The Morgan fingerprint density at radius 2 is 2.00 bits per heavy atom. The molecule has 0 bridgehead atoms. The molecule has 0 aromatic heterocycles. The first kappa shape index (κ1) is 13.6. The Morgan fingerprint density at radius 3 is 2.67 bits per heavy atom. The summed E-state index contributed by atoms with van der Waals surface area (Å²) < 4.78 is 5.90. The van der Waals surface area contributed by atoms with E-state index in [-0.39, 0.29) is 0 Å². The molecule has 1 fully saturated rings. The smallest absolute Gasteiger partial charge is 0.0720 e. The van der Waals surface area contributed by atoms with Crippen molar-refractivity contribution in [2.24, 2.45) is 5.92 Å². The Bertz CT molecular complexity index is 332. The second kappa shape index (κ2) is 6.91. The molecular weight excluding hydrogens is 222 g/mol. The fraction of sp³-hybridized carbons (Fsp3) is 0.625. The molecule has 18 heavy (non-hydrogen) atoms. The standard InChI is InChI=1S/C16H25NO/c1-3-13(2)17-11-15-9-16(10-15)18-12-14-7-5-4-6-8-14/h4-8,13,15-17H,3,9-12H2,1-2H3. The first-order valence-corrected chi connectivity index (χ1v) is 7.16. The lowest BCUT2D eigenvalue weighted by molar-refractivity contribution is -0.0399. The van der Waals surface area contributed by atoms with Crippen molar-refractivity contribution in [2.45, 2.75) is 51.9 Å². The summed E-state index contributed by atoms with van der Waals surface area (Å²) in [5.41, 5.74) is 1.28. The summed E-state index contributed by atoms with van der Waals surface area (Å²) in [6.07, 6.45) is 4.13. The highest BCUT2D eigenvalue weighted by Gasteiger charge is 2.29. The summed E-state index contributed by atoms with van der Waals surface area (Å²) in [7, 11) is 0. The zero-order valence-electron chi connectivity index (χ0n) is 11.6. The maximum atomic E-state index is 5.90. The lowest BCUT2D eigenvalue weighted by atomic mass is 9.82. The van der Waals surface area contributed by atoms with Crippen molar-refractivity contribution in [3.8, 4) is 0 Å². The number of hydrogen-bond donors (Lipinski definition) is 1. The molecule has 0 saturated heterocycles.